The van der Waals surface area contributed by atoms with Crippen LogP contribution in [0.1, 0.15) is 36.1 Å². The van der Waals surface area contributed by atoms with Gasteiger partial charge >= 0.3 is 6.18 Å². The molecule has 10 heteroatoms. The predicted octanol–water partition coefficient (Wildman–Crippen LogP) is 6.00. The van der Waals surface area contributed by atoms with Crippen LogP contribution in [0.5, 0.6) is 0 Å². The number of sulfonamides is 1. The van der Waals surface area contributed by atoms with Crippen LogP contribution >= 0.6 is 11.6 Å². The number of nitrogens with zero attached hydrogens (tertiary/aromatic N) is 1. The third-order valence-electron chi connectivity index (χ3n) is 5.70. The Kier molecular flexibility index (Phi) is 8.68. The molecule has 0 aliphatic rings. The first-order valence-corrected chi connectivity index (χ1v) is 13.1. The number of hydrogen-bond donors (Lipinski definition) is 1. The van der Waals surface area contributed by atoms with E-state index in [4.69, 9.17) is 11.6 Å². The van der Waals surface area contributed by atoms with E-state index in [0.29, 0.717) is 10.4 Å². The van der Waals surface area contributed by atoms with Crippen molar-refractivity contribution in [2.24, 2.45) is 0 Å². The van der Waals surface area contributed by atoms with E-state index in [2.05, 4.69) is 5.32 Å². The number of alkyl halides is 3. The lowest BCUT2D eigenvalue weighted by molar-refractivity contribution is -0.137. The Bertz CT molecular complexity index is 1330. The number of nitrogens with one attached hydrogen (secondary N) is 1. The highest BCUT2D eigenvalue weighted by Crippen LogP contribution is 2.37. The molecule has 0 aliphatic heterocycles. The monoisotopic (exact) mass is 538 g/mol. The number of rotatable bonds is 9. The van der Waals surface area contributed by atoms with Crippen LogP contribution in [0.2, 0.25) is 5.02 Å². The van der Waals surface area contributed by atoms with E-state index in [9.17, 15) is 26.4 Å². The van der Waals surface area contributed by atoms with Crippen LogP contribution < -0.4 is 9.62 Å². The lowest BCUT2D eigenvalue weighted by Crippen LogP contribution is -2.41. The molecule has 0 radical (unpaired) electrons. The van der Waals surface area contributed by atoms with Crippen molar-refractivity contribution in [1.82, 2.24) is 5.32 Å². The zero-order chi connectivity index (χ0) is 26.5. The van der Waals surface area contributed by atoms with Gasteiger partial charge in [-0.25, -0.2) is 8.42 Å². The summed E-state index contributed by atoms with van der Waals surface area (Å²) in [5.74, 6) is -0.688. The van der Waals surface area contributed by atoms with Gasteiger partial charge in [-0.05, 0) is 59.9 Å². The lowest BCUT2D eigenvalue weighted by atomic mass is 10.0. The van der Waals surface area contributed by atoms with Crippen molar-refractivity contribution in [3.05, 3.63) is 94.0 Å². The topological polar surface area (TPSA) is 66.5 Å². The lowest BCUT2D eigenvalue weighted by Gasteiger charge is -2.26. The van der Waals surface area contributed by atoms with Gasteiger partial charge in [0.05, 0.1) is 21.2 Å². The van der Waals surface area contributed by atoms with Crippen LogP contribution in [0, 0.1) is 0 Å². The average molecular weight is 539 g/mol. The highest BCUT2D eigenvalue weighted by atomic mass is 35.5. The summed E-state index contributed by atoms with van der Waals surface area (Å²) in [7, 11) is -4.42. The van der Waals surface area contributed by atoms with Gasteiger partial charge in [-0.1, -0.05) is 61.8 Å². The number of amides is 1. The minimum atomic E-state index is -4.73. The largest absolute Gasteiger partial charge is 0.416 e. The zero-order valence-electron chi connectivity index (χ0n) is 19.8. The second kappa shape index (κ2) is 11.3. The van der Waals surface area contributed by atoms with Crippen molar-refractivity contribution >= 4 is 33.2 Å². The Hall–Kier alpha value is -3.04. The molecule has 5 nitrogen and oxygen atoms in total. The van der Waals surface area contributed by atoms with Crippen molar-refractivity contribution in [3.8, 4) is 0 Å². The van der Waals surface area contributed by atoms with Gasteiger partial charge in [0, 0.05) is 6.54 Å². The van der Waals surface area contributed by atoms with Crippen molar-refractivity contribution in [1.29, 1.82) is 0 Å². The summed E-state index contributed by atoms with van der Waals surface area (Å²) >= 11 is 6.16. The molecular formula is C26H26ClF3N2O3S. The fourth-order valence-corrected chi connectivity index (χ4v) is 5.41. The first kappa shape index (κ1) is 27.5. The van der Waals surface area contributed by atoms with Crippen LogP contribution in [-0.4, -0.2) is 20.9 Å². The molecule has 192 valence electrons. The van der Waals surface area contributed by atoms with E-state index in [1.54, 1.807) is 6.07 Å². The highest BCUT2D eigenvalue weighted by Gasteiger charge is 2.34. The second-order valence-corrected chi connectivity index (χ2v) is 10.3. The molecule has 0 spiro atoms. The Morgan fingerprint density at radius 1 is 0.944 bits per heavy atom. The normalized spacial score (nSPS) is 11.8. The third-order valence-corrected chi connectivity index (χ3v) is 7.79. The first-order valence-electron chi connectivity index (χ1n) is 11.3. The molecule has 3 rings (SSSR count). The molecule has 3 aromatic carbocycles. The van der Waals surface area contributed by atoms with E-state index in [0.717, 1.165) is 41.7 Å². The van der Waals surface area contributed by atoms with E-state index in [1.165, 1.54) is 24.3 Å². The van der Waals surface area contributed by atoms with Gasteiger partial charge in [0.2, 0.25) is 5.91 Å². The molecule has 3 aromatic rings. The Morgan fingerprint density at radius 3 is 2.25 bits per heavy atom. The Labute approximate surface area is 213 Å². The Morgan fingerprint density at radius 2 is 1.64 bits per heavy atom. The van der Waals surface area contributed by atoms with Gasteiger partial charge in [0.15, 0.2) is 0 Å². The van der Waals surface area contributed by atoms with Gasteiger partial charge in [-0.3, -0.25) is 9.10 Å². The number of carbonyl (C=O) groups excluding carboxylic acids is 1. The summed E-state index contributed by atoms with van der Waals surface area (Å²) in [5.41, 5.74) is 1.48. The molecule has 1 N–H and O–H groups in total. The molecule has 0 heterocycles. The number of benzene rings is 3. The summed E-state index contributed by atoms with van der Waals surface area (Å²) in [6, 6.07) is 15.5. The molecule has 0 fully saturated rings. The average Bonchev–Trinajstić information content (AvgIpc) is 2.86. The second-order valence-electron chi connectivity index (χ2n) is 8.08. The van der Waals surface area contributed by atoms with Crippen LogP contribution in [0.15, 0.2) is 71.6 Å². The fourth-order valence-electron chi connectivity index (χ4n) is 3.69. The first-order chi connectivity index (χ1) is 17.0. The fraction of sp³-hybridized carbons (Fsp3) is 0.269. The van der Waals surface area contributed by atoms with E-state index < -0.39 is 39.9 Å². The molecular weight excluding hydrogens is 513 g/mol. The minimum Gasteiger partial charge on any atom is -0.350 e. The number of carbonyl (C=O) groups is 1. The van der Waals surface area contributed by atoms with Crippen molar-refractivity contribution in [2.75, 3.05) is 10.8 Å². The molecule has 0 saturated heterocycles. The van der Waals surface area contributed by atoms with Crippen molar-refractivity contribution in [3.63, 3.8) is 0 Å². The highest BCUT2D eigenvalue weighted by molar-refractivity contribution is 7.92. The molecule has 0 aliphatic carbocycles. The summed E-state index contributed by atoms with van der Waals surface area (Å²) in [4.78, 5) is 12.8. The molecule has 0 bridgehead atoms. The Balaban J connectivity index is 1.97. The molecule has 1 amide bonds. The summed E-state index contributed by atoms with van der Waals surface area (Å²) in [6.45, 7) is 3.38. The molecule has 0 unspecified atom stereocenters. The number of halogens is 4. The van der Waals surface area contributed by atoms with Gasteiger partial charge < -0.3 is 5.32 Å². The van der Waals surface area contributed by atoms with Crippen LogP contribution in [-0.2, 0) is 40.4 Å². The van der Waals surface area contributed by atoms with Crippen molar-refractivity contribution in [2.45, 2.75) is 44.3 Å². The van der Waals surface area contributed by atoms with Gasteiger partial charge in [-0.2, -0.15) is 13.2 Å². The SMILES string of the molecule is CCc1ccc(CC)c(CNC(=O)CN(c2cc(C(F)(F)F)ccc2Cl)S(=O)(=O)c2ccccc2)c1. The molecule has 0 atom stereocenters. The van der Waals surface area contributed by atoms with E-state index >= 15 is 0 Å². The third kappa shape index (κ3) is 6.39. The molecule has 36 heavy (non-hydrogen) atoms. The zero-order valence-corrected chi connectivity index (χ0v) is 21.3. The van der Waals surface area contributed by atoms with Gasteiger partial charge in [0.25, 0.3) is 10.0 Å². The number of anilines is 1. The summed E-state index contributed by atoms with van der Waals surface area (Å²) in [5, 5.41) is 2.47. The smallest absolute Gasteiger partial charge is 0.350 e. The quantitative estimate of drug-likeness (QED) is 0.363. The maximum absolute atomic E-state index is 13.4. The van der Waals surface area contributed by atoms with Crippen LogP contribution in [0.4, 0.5) is 18.9 Å². The predicted molar refractivity (Wildman–Crippen MR) is 134 cm³/mol. The maximum atomic E-state index is 13.4. The van der Waals surface area contributed by atoms with Gasteiger partial charge in [-0.15, -0.1) is 0 Å². The minimum absolute atomic E-state index is 0.144. The summed E-state index contributed by atoms with van der Waals surface area (Å²) in [6.07, 6.45) is -3.18. The van der Waals surface area contributed by atoms with Crippen LogP contribution in [0.3, 0.4) is 0 Å². The number of aryl methyl sites for hydroxylation is 2. The standard InChI is InChI=1S/C26H26ClF3N2O3S/c1-3-18-10-11-19(4-2)20(14-18)16-31-25(33)17-32(36(34,35)22-8-6-5-7-9-22)24-15-21(26(28,29)30)12-13-23(24)27/h5-15H,3-4,16-17H2,1-2H3,(H,31,33). The van der Waals surface area contributed by atoms with E-state index in [-0.39, 0.29) is 16.5 Å². The van der Waals surface area contributed by atoms with Crippen LogP contribution in [0.25, 0.3) is 0 Å². The van der Waals surface area contributed by atoms with E-state index in [1.807, 2.05) is 32.0 Å². The van der Waals surface area contributed by atoms with Crippen molar-refractivity contribution < 1.29 is 26.4 Å². The molecule has 0 saturated carbocycles. The van der Waals surface area contributed by atoms with Gasteiger partial charge in [0.1, 0.15) is 6.54 Å². The number of hydrogen-bond acceptors (Lipinski definition) is 3. The maximum Gasteiger partial charge on any atom is 0.416 e. The molecule has 0 aromatic heterocycles. The summed E-state index contributed by atoms with van der Waals surface area (Å²) < 4.78 is 67.7.